The van der Waals surface area contributed by atoms with Crippen LogP contribution in [-0.4, -0.2) is 80.3 Å². The number of nitrogens with zero attached hydrogens (tertiary/aromatic N) is 7. The van der Waals surface area contributed by atoms with Gasteiger partial charge >= 0.3 is 6.18 Å². The molecule has 0 aliphatic carbocycles. The lowest BCUT2D eigenvalue weighted by atomic mass is 10.1. The number of nitrogen functional groups attached to an aromatic ring is 1. The highest BCUT2D eigenvalue weighted by atomic mass is 35.5. The molecule has 1 aromatic carbocycles. The molecule has 3 aromatic heterocycles. The number of aryl methyl sites for hydroxylation is 1. The van der Waals surface area contributed by atoms with Crippen molar-refractivity contribution in [3.05, 3.63) is 80.3 Å². The number of ether oxygens (including phenoxy) is 1. The Hall–Kier alpha value is -4.96. The number of carbonyl (C=O) groups excluding carboxylic acids is 2. The maximum atomic E-state index is 14.2. The normalized spacial score (nSPS) is 15.4. The van der Waals surface area contributed by atoms with Gasteiger partial charge in [-0.15, -0.1) is 5.10 Å². The molecule has 1 saturated heterocycles. The summed E-state index contributed by atoms with van der Waals surface area (Å²) in [4.78, 5) is 53.3. The zero-order valence-corrected chi connectivity index (χ0v) is 27.4. The van der Waals surface area contributed by atoms with Gasteiger partial charge in [-0.2, -0.15) is 22.7 Å². The fourth-order valence-electron chi connectivity index (χ4n) is 5.94. The van der Waals surface area contributed by atoms with Crippen LogP contribution in [0.4, 0.5) is 30.2 Å². The average molecular weight is 700 g/mol. The van der Waals surface area contributed by atoms with Gasteiger partial charge in [-0.05, 0) is 55.2 Å². The van der Waals surface area contributed by atoms with Gasteiger partial charge in [-0.1, -0.05) is 24.6 Å². The van der Waals surface area contributed by atoms with Crippen LogP contribution in [0.3, 0.4) is 0 Å². The molecule has 1 fully saturated rings. The van der Waals surface area contributed by atoms with Crippen molar-refractivity contribution in [2.45, 2.75) is 39.4 Å². The number of fused-ring (bicyclic) bond motifs is 1. The zero-order chi connectivity index (χ0) is 35.0. The van der Waals surface area contributed by atoms with Crippen LogP contribution >= 0.6 is 11.6 Å². The standard InChI is InChI=1S/C32H33ClF3N9O4/c1-3-23-27(42-10-12-43(13-11-42)29(47)26-25(37)18(2)6-9-38-26)30(48)45-31(40-28(41-45)19-7-14-49-15-8-19)44(23)17-24(46)39-22-5-4-20(16-21(22)33)32(34,35)36/h4-7,9,16H,3,8,10-15,17,37H2,1-2H3,(H,39,46). The lowest BCUT2D eigenvalue weighted by Crippen LogP contribution is -2.51. The number of anilines is 3. The number of hydrogen-bond acceptors (Lipinski definition) is 9. The highest BCUT2D eigenvalue weighted by Crippen LogP contribution is 2.34. The number of hydrogen-bond donors (Lipinski definition) is 2. The molecule has 4 aromatic rings. The summed E-state index contributed by atoms with van der Waals surface area (Å²) < 4.78 is 47.7. The van der Waals surface area contributed by atoms with Gasteiger partial charge in [0.2, 0.25) is 11.7 Å². The van der Waals surface area contributed by atoms with Crippen molar-refractivity contribution in [2.24, 2.45) is 0 Å². The molecule has 0 spiro atoms. The second kappa shape index (κ2) is 13.5. The van der Waals surface area contributed by atoms with Gasteiger partial charge in [-0.3, -0.25) is 14.4 Å². The lowest BCUT2D eigenvalue weighted by Gasteiger charge is -2.36. The van der Waals surface area contributed by atoms with Crippen molar-refractivity contribution in [2.75, 3.05) is 55.3 Å². The molecule has 5 heterocycles. The van der Waals surface area contributed by atoms with E-state index in [2.05, 4.69) is 20.4 Å². The third kappa shape index (κ3) is 6.70. The molecule has 2 aliphatic heterocycles. The first kappa shape index (κ1) is 33.9. The first-order valence-electron chi connectivity index (χ1n) is 15.6. The molecular formula is C32H33ClF3N9O4. The summed E-state index contributed by atoms with van der Waals surface area (Å²) in [6.07, 6.45) is -0.390. The zero-order valence-electron chi connectivity index (χ0n) is 26.7. The van der Waals surface area contributed by atoms with E-state index in [0.717, 1.165) is 33.9 Å². The SMILES string of the molecule is CCc1c(N2CCN(C(=O)c3nccc(C)c3N)CC2)c(=O)n2nc(C3=CCOCC3)nc2n1CC(=O)Nc1ccc(C(F)(F)F)cc1Cl. The number of nitrogens with two attached hydrogens (primary N) is 1. The van der Waals surface area contributed by atoms with E-state index in [-0.39, 0.29) is 47.7 Å². The number of halogens is 4. The number of carbonyl (C=O) groups is 2. The van der Waals surface area contributed by atoms with Crippen LogP contribution in [0, 0.1) is 6.92 Å². The molecular weight excluding hydrogens is 667 g/mol. The molecule has 0 atom stereocenters. The van der Waals surface area contributed by atoms with Gasteiger partial charge in [0.05, 0.1) is 40.9 Å². The molecule has 0 radical (unpaired) electrons. The van der Waals surface area contributed by atoms with Crippen molar-refractivity contribution in [1.82, 2.24) is 29.0 Å². The molecule has 0 unspecified atom stereocenters. The van der Waals surface area contributed by atoms with Crippen LogP contribution in [0.5, 0.6) is 0 Å². The Morgan fingerprint density at radius 2 is 1.90 bits per heavy atom. The third-order valence-electron chi connectivity index (χ3n) is 8.58. The van der Waals surface area contributed by atoms with E-state index in [9.17, 15) is 27.6 Å². The van der Waals surface area contributed by atoms with Crippen molar-refractivity contribution < 1.29 is 27.5 Å². The maximum absolute atomic E-state index is 14.2. The molecule has 258 valence electrons. The topological polar surface area (TPSA) is 153 Å². The minimum Gasteiger partial charge on any atom is -0.397 e. The Kier molecular flexibility index (Phi) is 9.35. The van der Waals surface area contributed by atoms with Gasteiger partial charge in [0.1, 0.15) is 12.2 Å². The van der Waals surface area contributed by atoms with E-state index in [4.69, 9.17) is 22.1 Å². The molecule has 2 aliphatic rings. The third-order valence-corrected chi connectivity index (χ3v) is 8.89. The fraction of sp³-hybridized carbons (Fsp3) is 0.375. The van der Waals surface area contributed by atoms with Crippen LogP contribution in [0.25, 0.3) is 11.4 Å². The molecule has 2 amide bonds. The molecule has 3 N–H and O–H groups in total. The second-order valence-corrected chi connectivity index (χ2v) is 12.1. The highest BCUT2D eigenvalue weighted by molar-refractivity contribution is 6.33. The van der Waals surface area contributed by atoms with E-state index in [1.54, 1.807) is 22.5 Å². The highest BCUT2D eigenvalue weighted by Gasteiger charge is 2.32. The van der Waals surface area contributed by atoms with Crippen LogP contribution < -0.4 is 21.5 Å². The van der Waals surface area contributed by atoms with Gasteiger partial charge in [0.25, 0.3) is 11.5 Å². The number of pyridine rings is 1. The van der Waals surface area contributed by atoms with E-state index in [1.807, 2.05) is 17.9 Å². The molecule has 0 saturated carbocycles. The van der Waals surface area contributed by atoms with Gasteiger partial charge in [-0.25, -0.2) is 4.98 Å². The lowest BCUT2D eigenvalue weighted by molar-refractivity contribution is -0.137. The predicted octanol–water partition coefficient (Wildman–Crippen LogP) is 3.82. The number of rotatable bonds is 7. The predicted molar refractivity (Wildman–Crippen MR) is 177 cm³/mol. The number of amides is 2. The Morgan fingerprint density at radius 1 is 1.14 bits per heavy atom. The summed E-state index contributed by atoms with van der Waals surface area (Å²) in [7, 11) is 0. The summed E-state index contributed by atoms with van der Waals surface area (Å²) in [5.74, 6) is -0.482. The number of alkyl halides is 3. The average Bonchev–Trinajstić information content (AvgIpc) is 3.54. The van der Waals surface area contributed by atoms with Crippen molar-refractivity contribution >= 4 is 51.8 Å². The summed E-state index contributed by atoms with van der Waals surface area (Å²) in [5, 5.41) is 6.84. The molecule has 17 heteroatoms. The van der Waals surface area contributed by atoms with Crippen LogP contribution in [-0.2, 0) is 28.7 Å². The van der Waals surface area contributed by atoms with E-state index >= 15 is 0 Å². The Balaban J connectivity index is 1.35. The first-order chi connectivity index (χ1) is 23.4. The number of nitrogens with one attached hydrogen (secondary N) is 1. The summed E-state index contributed by atoms with van der Waals surface area (Å²) in [5.41, 5.74) is 7.55. The van der Waals surface area contributed by atoms with E-state index in [0.29, 0.717) is 62.0 Å². The Morgan fingerprint density at radius 3 is 2.55 bits per heavy atom. The smallest absolute Gasteiger partial charge is 0.397 e. The van der Waals surface area contributed by atoms with Crippen molar-refractivity contribution in [1.29, 1.82) is 0 Å². The fourth-order valence-corrected chi connectivity index (χ4v) is 6.17. The second-order valence-electron chi connectivity index (χ2n) is 11.7. The van der Waals surface area contributed by atoms with E-state index < -0.39 is 23.2 Å². The van der Waals surface area contributed by atoms with Gasteiger partial charge < -0.3 is 30.2 Å². The Bertz CT molecular complexity index is 2030. The Labute approximate surface area is 283 Å². The molecule has 6 rings (SSSR count). The quantitative estimate of drug-likeness (QED) is 0.293. The largest absolute Gasteiger partial charge is 0.416 e. The molecule has 0 bridgehead atoms. The van der Waals surface area contributed by atoms with Crippen LogP contribution in [0.1, 0.15) is 46.5 Å². The first-order valence-corrected chi connectivity index (χ1v) is 16.0. The van der Waals surface area contributed by atoms with Gasteiger partial charge in [0.15, 0.2) is 11.5 Å². The maximum Gasteiger partial charge on any atom is 0.416 e. The van der Waals surface area contributed by atoms with Crippen LogP contribution in [0.2, 0.25) is 5.02 Å². The van der Waals surface area contributed by atoms with Crippen molar-refractivity contribution in [3.63, 3.8) is 0 Å². The monoisotopic (exact) mass is 699 g/mol. The molecule has 49 heavy (non-hydrogen) atoms. The summed E-state index contributed by atoms with van der Waals surface area (Å²) >= 11 is 6.11. The number of benzene rings is 1. The summed E-state index contributed by atoms with van der Waals surface area (Å²) in [6, 6.07) is 4.38. The minimum atomic E-state index is -4.60. The van der Waals surface area contributed by atoms with Crippen molar-refractivity contribution in [3.8, 4) is 0 Å². The van der Waals surface area contributed by atoms with Gasteiger partial charge in [0, 0.05) is 32.4 Å². The van der Waals surface area contributed by atoms with Crippen LogP contribution in [0.15, 0.2) is 41.3 Å². The number of piperazine rings is 1. The van der Waals surface area contributed by atoms with E-state index in [1.165, 1.54) is 6.20 Å². The summed E-state index contributed by atoms with van der Waals surface area (Å²) in [6.45, 7) is 5.24. The minimum absolute atomic E-state index is 0.00551. The number of aromatic nitrogens is 5. The molecule has 13 nitrogen and oxygen atoms in total.